The van der Waals surface area contributed by atoms with Crippen LogP contribution in [0.5, 0.6) is 0 Å². The molecule has 0 unspecified atom stereocenters. The summed E-state index contributed by atoms with van der Waals surface area (Å²) in [7, 11) is 0. The van der Waals surface area contributed by atoms with Crippen molar-refractivity contribution in [1.29, 1.82) is 0 Å². The van der Waals surface area contributed by atoms with Gasteiger partial charge in [0.25, 0.3) is 0 Å². The molecule has 0 spiro atoms. The van der Waals surface area contributed by atoms with Gasteiger partial charge in [0.2, 0.25) is 0 Å². The molecule has 0 aliphatic heterocycles. The number of rotatable bonds is 0. The van der Waals surface area contributed by atoms with Gasteiger partial charge in [-0.05, 0) is 37.5 Å². The quantitative estimate of drug-likeness (QED) is 0.546. The van der Waals surface area contributed by atoms with Gasteiger partial charge in [0.1, 0.15) is 0 Å². The lowest BCUT2D eigenvalue weighted by Gasteiger charge is -1.99. The number of nitrogens with zero attached hydrogens (tertiary/aromatic N) is 1. The Balaban J connectivity index is 2.61. The van der Waals surface area contributed by atoms with Crippen molar-refractivity contribution in [3.63, 3.8) is 0 Å². The van der Waals surface area contributed by atoms with E-state index in [-0.39, 0.29) is 0 Å². The topological polar surface area (TPSA) is 12.9 Å². The molecule has 1 aromatic heterocycles. The minimum absolute atomic E-state index is 1.11. The molecule has 0 bridgehead atoms. The van der Waals surface area contributed by atoms with Crippen LogP contribution in [0.4, 0.5) is 0 Å². The Labute approximate surface area is 66.8 Å². The number of pyridine rings is 1. The molecule has 1 aliphatic rings. The smallest absolute Gasteiger partial charge is 0.0447 e. The van der Waals surface area contributed by atoms with Crippen LogP contribution in [0.25, 0.3) is 6.08 Å². The summed E-state index contributed by atoms with van der Waals surface area (Å²) in [4.78, 5) is 4.24. The number of aromatic nitrogens is 1. The van der Waals surface area contributed by atoms with Crippen LogP contribution >= 0.6 is 0 Å². The fraction of sp³-hybridized carbons (Fsp3) is 0.300. The maximum Gasteiger partial charge on any atom is 0.0447 e. The second kappa shape index (κ2) is 2.19. The Hall–Kier alpha value is -1.11. The van der Waals surface area contributed by atoms with Gasteiger partial charge in [-0.2, -0.15) is 0 Å². The van der Waals surface area contributed by atoms with Gasteiger partial charge in [-0.25, -0.2) is 0 Å². The van der Waals surface area contributed by atoms with E-state index in [2.05, 4.69) is 31.0 Å². The highest BCUT2D eigenvalue weighted by Gasteiger charge is 2.10. The van der Waals surface area contributed by atoms with Gasteiger partial charge in [0.05, 0.1) is 0 Å². The van der Waals surface area contributed by atoms with Gasteiger partial charge in [0, 0.05) is 11.9 Å². The third-order valence-corrected chi connectivity index (χ3v) is 2.14. The third kappa shape index (κ3) is 0.967. The molecule has 0 amide bonds. The molecule has 1 nitrogen and oxygen atoms in total. The third-order valence-electron chi connectivity index (χ3n) is 2.14. The lowest BCUT2D eigenvalue weighted by Crippen LogP contribution is -1.88. The first kappa shape index (κ1) is 6.59. The molecular formula is C10H11N. The van der Waals surface area contributed by atoms with Gasteiger partial charge < -0.3 is 0 Å². The molecule has 1 aliphatic carbocycles. The minimum Gasteiger partial charge on any atom is -0.261 e. The summed E-state index contributed by atoms with van der Waals surface area (Å²) in [6.07, 6.45) is 5.23. The number of aryl methyl sites for hydroxylation is 1. The first-order chi connectivity index (χ1) is 5.27. The van der Waals surface area contributed by atoms with Crippen LogP contribution in [0.2, 0.25) is 0 Å². The molecule has 0 radical (unpaired) electrons. The molecule has 1 heteroatoms. The van der Waals surface area contributed by atoms with Crippen molar-refractivity contribution in [3.8, 4) is 0 Å². The van der Waals surface area contributed by atoms with Gasteiger partial charge in [-0.1, -0.05) is 11.6 Å². The zero-order chi connectivity index (χ0) is 7.84. The van der Waals surface area contributed by atoms with E-state index in [1.807, 2.05) is 6.20 Å². The molecule has 56 valence electrons. The van der Waals surface area contributed by atoms with Crippen molar-refractivity contribution in [2.24, 2.45) is 0 Å². The van der Waals surface area contributed by atoms with Gasteiger partial charge in [-0.15, -0.1) is 0 Å². The summed E-state index contributed by atoms with van der Waals surface area (Å²) in [6.45, 7) is 4.23. The summed E-state index contributed by atoms with van der Waals surface area (Å²) in [6, 6.07) is 2.11. The highest BCUT2D eigenvalue weighted by molar-refractivity contribution is 5.64. The van der Waals surface area contributed by atoms with Crippen molar-refractivity contribution >= 4 is 6.08 Å². The van der Waals surface area contributed by atoms with Crippen LogP contribution < -0.4 is 0 Å². The van der Waals surface area contributed by atoms with Crippen LogP contribution in [-0.4, -0.2) is 4.98 Å². The van der Waals surface area contributed by atoms with Gasteiger partial charge in [0.15, 0.2) is 0 Å². The SMILES string of the molecule is CC1=Cc2c(ccnc2C)C1. The van der Waals surface area contributed by atoms with E-state index in [1.54, 1.807) is 0 Å². The monoisotopic (exact) mass is 145 g/mol. The Morgan fingerprint density at radius 1 is 1.36 bits per heavy atom. The number of hydrogen-bond acceptors (Lipinski definition) is 1. The molecule has 0 saturated heterocycles. The largest absolute Gasteiger partial charge is 0.261 e. The van der Waals surface area contributed by atoms with E-state index in [9.17, 15) is 0 Å². The van der Waals surface area contributed by atoms with Crippen molar-refractivity contribution in [3.05, 3.63) is 34.7 Å². The zero-order valence-electron chi connectivity index (χ0n) is 6.89. The van der Waals surface area contributed by atoms with Crippen LogP contribution in [0.15, 0.2) is 17.8 Å². The minimum atomic E-state index is 1.11. The van der Waals surface area contributed by atoms with E-state index in [4.69, 9.17) is 0 Å². The predicted octanol–water partition coefficient (Wildman–Crippen LogP) is 2.35. The van der Waals surface area contributed by atoms with Crippen molar-refractivity contribution in [2.75, 3.05) is 0 Å². The van der Waals surface area contributed by atoms with Crippen LogP contribution in [-0.2, 0) is 6.42 Å². The maximum atomic E-state index is 4.24. The molecule has 0 N–H and O–H groups in total. The molecule has 0 aromatic carbocycles. The lowest BCUT2D eigenvalue weighted by molar-refractivity contribution is 1.13. The normalized spacial score (nSPS) is 14.5. The standard InChI is InChI=1S/C10H11N/c1-7-5-9-3-4-11-8(2)10(9)6-7/h3-4,6H,5H2,1-2H3. The predicted molar refractivity (Wildman–Crippen MR) is 46.3 cm³/mol. The number of allylic oxidation sites excluding steroid dienone is 1. The van der Waals surface area contributed by atoms with Crippen molar-refractivity contribution in [2.45, 2.75) is 20.3 Å². The zero-order valence-corrected chi connectivity index (χ0v) is 6.89. The van der Waals surface area contributed by atoms with Crippen LogP contribution in [0.1, 0.15) is 23.7 Å². The Morgan fingerprint density at radius 3 is 2.91 bits per heavy atom. The summed E-state index contributed by atoms with van der Waals surface area (Å²) in [5.41, 5.74) is 5.36. The van der Waals surface area contributed by atoms with E-state index >= 15 is 0 Å². The Morgan fingerprint density at radius 2 is 2.18 bits per heavy atom. The molecule has 0 saturated carbocycles. The fourth-order valence-electron chi connectivity index (χ4n) is 1.58. The molecular weight excluding hydrogens is 134 g/mol. The molecule has 1 aromatic rings. The summed E-state index contributed by atoms with van der Waals surface area (Å²) in [5.74, 6) is 0. The summed E-state index contributed by atoms with van der Waals surface area (Å²) in [5, 5.41) is 0. The second-order valence-electron chi connectivity index (χ2n) is 3.14. The van der Waals surface area contributed by atoms with Gasteiger partial charge in [-0.3, -0.25) is 4.98 Å². The van der Waals surface area contributed by atoms with Crippen molar-refractivity contribution in [1.82, 2.24) is 4.98 Å². The molecule has 1 heterocycles. The first-order valence-electron chi connectivity index (χ1n) is 3.89. The average Bonchev–Trinajstić information content (AvgIpc) is 2.31. The lowest BCUT2D eigenvalue weighted by atomic mass is 10.1. The van der Waals surface area contributed by atoms with E-state index in [1.165, 1.54) is 16.7 Å². The summed E-state index contributed by atoms with van der Waals surface area (Å²) < 4.78 is 0. The number of hydrogen-bond donors (Lipinski definition) is 0. The highest BCUT2D eigenvalue weighted by Crippen LogP contribution is 2.25. The van der Waals surface area contributed by atoms with E-state index < -0.39 is 0 Å². The van der Waals surface area contributed by atoms with Crippen LogP contribution in [0.3, 0.4) is 0 Å². The van der Waals surface area contributed by atoms with Crippen molar-refractivity contribution < 1.29 is 0 Å². The average molecular weight is 145 g/mol. The first-order valence-corrected chi connectivity index (χ1v) is 3.89. The molecule has 11 heavy (non-hydrogen) atoms. The van der Waals surface area contributed by atoms with Crippen LogP contribution in [0, 0.1) is 6.92 Å². The second-order valence-corrected chi connectivity index (χ2v) is 3.14. The maximum absolute atomic E-state index is 4.24. The Kier molecular flexibility index (Phi) is 1.31. The fourth-order valence-corrected chi connectivity index (χ4v) is 1.58. The Bertz CT molecular complexity index is 324. The van der Waals surface area contributed by atoms with E-state index in [0.29, 0.717) is 0 Å². The molecule has 0 fully saturated rings. The van der Waals surface area contributed by atoms with Gasteiger partial charge >= 0.3 is 0 Å². The summed E-state index contributed by atoms with van der Waals surface area (Å²) >= 11 is 0. The highest BCUT2D eigenvalue weighted by atomic mass is 14.7. The van der Waals surface area contributed by atoms with E-state index in [0.717, 1.165) is 12.1 Å². The molecule has 0 atom stereocenters. The number of fused-ring (bicyclic) bond motifs is 1. The molecule has 2 rings (SSSR count).